The average molecular weight is 542 g/mol. The second-order valence-electron chi connectivity index (χ2n) is 11.5. The van der Waals surface area contributed by atoms with Crippen molar-refractivity contribution >= 4 is 19.1 Å². The molecule has 0 aliphatic carbocycles. The molecule has 3 N–H and O–H groups in total. The monoisotopic (exact) mass is 542 g/mol. The van der Waals surface area contributed by atoms with Crippen molar-refractivity contribution in [2.24, 2.45) is 5.92 Å². The zero-order chi connectivity index (χ0) is 28.6. The second-order valence-corrected chi connectivity index (χ2v) is 11.5. The van der Waals surface area contributed by atoms with E-state index in [9.17, 15) is 24.9 Å². The lowest BCUT2D eigenvalue weighted by Crippen LogP contribution is -2.56. The van der Waals surface area contributed by atoms with Crippen molar-refractivity contribution in [3.05, 3.63) is 35.9 Å². The molecular weight excluding hydrogens is 499 g/mol. The molecule has 39 heavy (non-hydrogen) atoms. The Morgan fingerprint density at radius 1 is 1.18 bits per heavy atom. The van der Waals surface area contributed by atoms with Crippen LogP contribution in [0.3, 0.4) is 0 Å². The number of likely N-dealkylation sites (tertiary alicyclic amines) is 1. The molecule has 1 unspecified atom stereocenters. The van der Waals surface area contributed by atoms with Crippen LogP contribution >= 0.6 is 0 Å². The van der Waals surface area contributed by atoms with Gasteiger partial charge in [-0.25, -0.2) is 4.79 Å². The summed E-state index contributed by atoms with van der Waals surface area (Å²) >= 11 is 0. The molecule has 214 valence electrons. The van der Waals surface area contributed by atoms with Crippen LogP contribution in [0, 0.1) is 17.2 Å². The van der Waals surface area contributed by atoms with Gasteiger partial charge < -0.3 is 29.7 Å². The van der Waals surface area contributed by atoms with Gasteiger partial charge in [0.1, 0.15) is 12.0 Å². The van der Waals surface area contributed by atoms with Crippen LogP contribution in [0.1, 0.15) is 58.9 Å². The summed E-state index contributed by atoms with van der Waals surface area (Å²) in [6, 6.07) is 11.4. The fraction of sp³-hybridized carbons (Fsp3) is 0.679. The van der Waals surface area contributed by atoms with Crippen molar-refractivity contribution in [1.29, 1.82) is 5.26 Å². The van der Waals surface area contributed by atoms with Gasteiger partial charge in [-0.3, -0.25) is 9.69 Å². The lowest BCUT2D eigenvalue weighted by Gasteiger charge is -2.45. The zero-order valence-corrected chi connectivity index (χ0v) is 23.6. The van der Waals surface area contributed by atoms with E-state index in [0.717, 1.165) is 31.5 Å². The van der Waals surface area contributed by atoms with E-state index >= 15 is 0 Å². The predicted octanol–water partition coefficient (Wildman–Crippen LogP) is 2.13. The molecular formula is C28H43BN4O6. The molecule has 2 amide bonds. The fourth-order valence-corrected chi connectivity index (χ4v) is 5.54. The SMILES string of the molecule is C[C@@H]1CN(C(C)(C)CC(C#N)C(=O)N2CCCC[C@@H](OC(=O)N[C@@H](Cc3ccccc3)B(O)O)C2)C[C@H](C)O1. The number of amides is 2. The van der Waals surface area contributed by atoms with Gasteiger partial charge in [-0.2, -0.15) is 5.26 Å². The Labute approximate surface area is 232 Å². The van der Waals surface area contributed by atoms with Crippen LogP contribution in [0.4, 0.5) is 4.79 Å². The van der Waals surface area contributed by atoms with E-state index in [1.807, 2.05) is 44.2 Å². The normalized spacial score (nSPS) is 24.1. The van der Waals surface area contributed by atoms with Gasteiger partial charge in [-0.05, 0) is 65.4 Å². The van der Waals surface area contributed by atoms with Crippen LogP contribution in [0.5, 0.6) is 0 Å². The summed E-state index contributed by atoms with van der Waals surface area (Å²) in [5.74, 6) is -2.01. The molecule has 2 aliphatic heterocycles. The maximum atomic E-state index is 13.5. The van der Waals surface area contributed by atoms with Crippen LogP contribution in [-0.4, -0.2) is 94.9 Å². The minimum absolute atomic E-state index is 0.0816. The number of nitriles is 1. The van der Waals surface area contributed by atoms with Gasteiger partial charge in [0.05, 0.1) is 30.8 Å². The van der Waals surface area contributed by atoms with Crippen molar-refractivity contribution in [1.82, 2.24) is 15.1 Å². The molecule has 0 saturated carbocycles. The number of nitrogens with one attached hydrogen (secondary N) is 1. The summed E-state index contributed by atoms with van der Waals surface area (Å²) in [4.78, 5) is 30.1. The first-order valence-electron chi connectivity index (χ1n) is 13.9. The van der Waals surface area contributed by atoms with Gasteiger partial charge in [0.25, 0.3) is 0 Å². The fourth-order valence-electron chi connectivity index (χ4n) is 5.54. The molecule has 10 nitrogen and oxygen atoms in total. The van der Waals surface area contributed by atoms with Gasteiger partial charge in [0.2, 0.25) is 5.91 Å². The smallest absolute Gasteiger partial charge is 0.444 e. The third kappa shape index (κ3) is 9.21. The molecule has 11 heteroatoms. The van der Waals surface area contributed by atoms with E-state index in [-0.39, 0.29) is 36.6 Å². The summed E-state index contributed by atoms with van der Waals surface area (Å²) in [7, 11) is -1.76. The van der Waals surface area contributed by atoms with Gasteiger partial charge in [-0.15, -0.1) is 0 Å². The topological polar surface area (TPSA) is 135 Å². The number of carbonyl (C=O) groups excluding carboxylic acids is 2. The average Bonchev–Trinajstić information content (AvgIpc) is 3.12. The molecule has 0 aromatic heterocycles. The van der Waals surface area contributed by atoms with E-state index in [4.69, 9.17) is 9.47 Å². The Kier molecular flexibility index (Phi) is 11.2. The number of benzene rings is 1. The lowest BCUT2D eigenvalue weighted by atomic mass is 9.76. The van der Waals surface area contributed by atoms with Crippen LogP contribution in [0.15, 0.2) is 30.3 Å². The molecule has 1 aromatic rings. The highest BCUT2D eigenvalue weighted by molar-refractivity contribution is 6.43. The Bertz CT molecular complexity index is 978. The molecule has 3 rings (SSSR count). The third-order valence-corrected chi connectivity index (χ3v) is 7.61. The molecule has 1 aromatic carbocycles. The molecule has 0 spiro atoms. The number of rotatable bonds is 9. The lowest BCUT2D eigenvalue weighted by molar-refractivity contribution is -0.137. The highest BCUT2D eigenvalue weighted by Gasteiger charge is 2.39. The highest BCUT2D eigenvalue weighted by Crippen LogP contribution is 2.29. The minimum atomic E-state index is -1.76. The van der Waals surface area contributed by atoms with Gasteiger partial charge >= 0.3 is 13.2 Å². The molecule has 2 heterocycles. The maximum absolute atomic E-state index is 13.5. The van der Waals surface area contributed by atoms with Crippen LogP contribution < -0.4 is 5.32 Å². The van der Waals surface area contributed by atoms with Crippen molar-refractivity contribution in [2.75, 3.05) is 26.2 Å². The minimum Gasteiger partial charge on any atom is -0.444 e. The third-order valence-electron chi connectivity index (χ3n) is 7.61. The number of morpholine rings is 1. The van der Waals surface area contributed by atoms with E-state index in [0.29, 0.717) is 19.4 Å². The first-order valence-corrected chi connectivity index (χ1v) is 13.9. The van der Waals surface area contributed by atoms with Crippen molar-refractivity contribution in [3.8, 4) is 6.07 Å². The standard InChI is InChI=1S/C28H43BN4O6/c1-20-17-33(18-21(2)38-20)28(3,4)15-23(16-30)26(34)32-13-9-8-12-24(19-32)39-27(35)31-25(29(36)37)14-22-10-6-5-7-11-22/h5-7,10-11,20-21,23-25,36-37H,8-9,12-15,17-19H2,1-4H3,(H,31,35)/t20-,21+,23?,24-,25+/m1/s1. The summed E-state index contributed by atoms with van der Waals surface area (Å²) in [5, 5.41) is 32.1. The first kappa shape index (κ1) is 30.9. The summed E-state index contributed by atoms with van der Waals surface area (Å²) < 4.78 is 11.5. The maximum Gasteiger partial charge on any atom is 0.475 e. The Hall–Kier alpha value is -2.65. The largest absolute Gasteiger partial charge is 0.475 e. The van der Waals surface area contributed by atoms with E-state index in [1.54, 1.807) is 4.90 Å². The number of hydrogen-bond donors (Lipinski definition) is 3. The molecule has 2 aliphatic rings. The zero-order valence-electron chi connectivity index (χ0n) is 23.6. The van der Waals surface area contributed by atoms with Crippen molar-refractivity contribution in [2.45, 2.75) is 89.6 Å². The number of nitrogens with zero attached hydrogens (tertiary/aromatic N) is 3. The van der Waals surface area contributed by atoms with Gasteiger partial charge in [-0.1, -0.05) is 30.3 Å². The Morgan fingerprint density at radius 2 is 1.85 bits per heavy atom. The summed E-state index contributed by atoms with van der Waals surface area (Å²) in [6.45, 7) is 10.4. The Morgan fingerprint density at radius 3 is 2.46 bits per heavy atom. The molecule has 2 saturated heterocycles. The Balaban J connectivity index is 1.59. The number of carbonyl (C=O) groups is 2. The van der Waals surface area contributed by atoms with Crippen LogP contribution in [0.2, 0.25) is 0 Å². The predicted molar refractivity (Wildman–Crippen MR) is 147 cm³/mol. The van der Waals surface area contributed by atoms with Crippen LogP contribution in [-0.2, 0) is 20.7 Å². The summed E-state index contributed by atoms with van der Waals surface area (Å²) in [5.41, 5.74) is 0.469. The summed E-state index contributed by atoms with van der Waals surface area (Å²) in [6.07, 6.45) is 1.55. The van der Waals surface area contributed by atoms with E-state index < -0.39 is 31.2 Å². The van der Waals surface area contributed by atoms with Crippen LogP contribution in [0.25, 0.3) is 0 Å². The van der Waals surface area contributed by atoms with E-state index in [2.05, 4.69) is 30.1 Å². The number of alkyl carbamates (subject to hydrolysis) is 1. The quantitative estimate of drug-likeness (QED) is 0.404. The molecule has 2 fully saturated rings. The molecule has 0 bridgehead atoms. The molecule has 0 radical (unpaired) electrons. The van der Waals surface area contributed by atoms with E-state index in [1.165, 1.54) is 0 Å². The number of ether oxygens (including phenoxy) is 2. The highest BCUT2D eigenvalue weighted by atomic mass is 16.6. The van der Waals surface area contributed by atoms with Crippen molar-refractivity contribution < 1.29 is 29.1 Å². The number of hydrogen-bond acceptors (Lipinski definition) is 8. The first-order chi connectivity index (χ1) is 18.5. The van der Waals surface area contributed by atoms with Gasteiger partial charge in [0, 0.05) is 25.2 Å². The van der Waals surface area contributed by atoms with Gasteiger partial charge in [0.15, 0.2) is 0 Å². The second kappa shape index (κ2) is 14.1. The molecule has 5 atom stereocenters. The van der Waals surface area contributed by atoms with Crippen molar-refractivity contribution in [3.63, 3.8) is 0 Å².